The van der Waals surface area contributed by atoms with Crippen LogP contribution in [0.15, 0.2) is 42.5 Å². The van der Waals surface area contributed by atoms with Gasteiger partial charge in [-0.3, -0.25) is 9.69 Å². The fraction of sp³-hybridized carbons (Fsp3) is 0.300. The highest BCUT2D eigenvalue weighted by Crippen LogP contribution is 2.32. The zero-order valence-corrected chi connectivity index (χ0v) is 15.7. The monoisotopic (exact) mass is 369 g/mol. The molecule has 1 heterocycles. The topological polar surface area (TPSA) is 71.1 Å². The molecule has 0 aromatic heterocycles. The van der Waals surface area contributed by atoms with Gasteiger partial charge in [-0.1, -0.05) is 17.7 Å². The number of rotatable bonds is 6. The van der Waals surface area contributed by atoms with E-state index in [9.17, 15) is 9.59 Å². The first-order chi connectivity index (χ1) is 13.0. The number of amides is 3. The van der Waals surface area contributed by atoms with Gasteiger partial charge in [0.15, 0.2) is 11.5 Å². The van der Waals surface area contributed by atoms with Crippen LogP contribution in [0.5, 0.6) is 11.5 Å². The third kappa shape index (κ3) is 4.13. The summed E-state index contributed by atoms with van der Waals surface area (Å²) in [4.78, 5) is 28.1. The molecule has 142 valence electrons. The number of carbonyl (C=O) groups excluding carboxylic acids is 2. The number of urea groups is 1. The molecule has 0 spiro atoms. The van der Waals surface area contributed by atoms with E-state index in [1.165, 1.54) is 4.90 Å². The summed E-state index contributed by atoms with van der Waals surface area (Å²) in [6.45, 7) is 2.98. The quantitative estimate of drug-likeness (QED) is 0.850. The van der Waals surface area contributed by atoms with Gasteiger partial charge in [0.25, 0.3) is 0 Å². The van der Waals surface area contributed by atoms with Gasteiger partial charge in [0.2, 0.25) is 5.91 Å². The second-order valence-electron chi connectivity index (χ2n) is 6.31. The maximum Gasteiger partial charge on any atom is 0.325 e. The van der Waals surface area contributed by atoms with Crippen LogP contribution in [0.2, 0.25) is 0 Å². The van der Waals surface area contributed by atoms with Crippen LogP contribution in [0.25, 0.3) is 0 Å². The van der Waals surface area contributed by atoms with Crippen LogP contribution < -0.4 is 19.7 Å². The molecule has 0 atom stereocenters. The van der Waals surface area contributed by atoms with Gasteiger partial charge in [-0.25, -0.2) is 4.79 Å². The summed E-state index contributed by atoms with van der Waals surface area (Å²) in [6, 6.07) is 12.6. The Bertz CT molecular complexity index is 836. The number of methoxy groups -OCH3 is 2. The summed E-state index contributed by atoms with van der Waals surface area (Å²) in [5.41, 5.74) is 2.54. The van der Waals surface area contributed by atoms with Crippen molar-refractivity contribution in [3.8, 4) is 11.5 Å². The summed E-state index contributed by atoms with van der Waals surface area (Å²) < 4.78 is 10.5. The number of hydrogen-bond acceptors (Lipinski definition) is 4. The van der Waals surface area contributed by atoms with Crippen molar-refractivity contribution in [2.24, 2.45) is 0 Å². The molecule has 27 heavy (non-hydrogen) atoms. The molecule has 1 N–H and O–H groups in total. The number of aryl methyl sites for hydroxylation is 1. The number of nitrogens with one attached hydrogen (secondary N) is 1. The van der Waals surface area contributed by atoms with E-state index in [-0.39, 0.29) is 18.5 Å². The molecule has 0 aliphatic carbocycles. The maximum atomic E-state index is 12.7. The van der Waals surface area contributed by atoms with E-state index in [0.29, 0.717) is 36.0 Å². The lowest BCUT2D eigenvalue weighted by Gasteiger charge is -2.19. The van der Waals surface area contributed by atoms with Crippen molar-refractivity contribution in [2.45, 2.75) is 6.92 Å². The summed E-state index contributed by atoms with van der Waals surface area (Å²) >= 11 is 0. The average molecular weight is 369 g/mol. The largest absolute Gasteiger partial charge is 0.493 e. The summed E-state index contributed by atoms with van der Waals surface area (Å²) in [6.07, 6.45) is 0. The minimum absolute atomic E-state index is 0.0104. The van der Waals surface area contributed by atoms with Crippen LogP contribution in [0, 0.1) is 6.92 Å². The zero-order valence-electron chi connectivity index (χ0n) is 15.7. The highest BCUT2D eigenvalue weighted by Gasteiger charge is 2.31. The first-order valence-electron chi connectivity index (χ1n) is 8.67. The highest BCUT2D eigenvalue weighted by atomic mass is 16.5. The molecule has 0 radical (unpaired) electrons. The molecule has 3 amide bonds. The number of anilines is 2. The van der Waals surface area contributed by atoms with Crippen molar-refractivity contribution < 1.29 is 19.1 Å². The van der Waals surface area contributed by atoms with Crippen molar-refractivity contribution >= 4 is 23.3 Å². The minimum Gasteiger partial charge on any atom is -0.493 e. The van der Waals surface area contributed by atoms with Crippen molar-refractivity contribution in [3.63, 3.8) is 0 Å². The van der Waals surface area contributed by atoms with Crippen LogP contribution in [-0.2, 0) is 4.79 Å². The van der Waals surface area contributed by atoms with E-state index in [1.54, 1.807) is 37.3 Å². The van der Waals surface area contributed by atoms with E-state index >= 15 is 0 Å². The number of benzene rings is 2. The fourth-order valence-corrected chi connectivity index (χ4v) is 2.97. The van der Waals surface area contributed by atoms with E-state index in [4.69, 9.17) is 9.47 Å². The molecule has 7 heteroatoms. The van der Waals surface area contributed by atoms with Crippen LogP contribution >= 0.6 is 0 Å². The lowest BCUT2D eigenvalue weighted by atomic mass is 10.2. The second-order valence-corrected chi connectivity index (χ2v) is 6.31. The molecule has 3 rings (SSSR count). The molecular formula is C20H23N3O4. The van der Waals surface area contributed by atoms with E-state index in [0.717, 1.165) is 5.56 Å². The Labute approximate surface area is 158 Å². The Balaban J connectivity index is 1.64. The summed E-state index contributed by atoms with van der Waals surface area (Å²) in [5.74, 6) is 0.932. The molecule has 0 unspecified atom stereocenters. The molecule has 7 nitrogen and oxygen atoms in total. The Hall–Kier alpha value is -3.22. The van der Waals surface area contributed by atoms with Gasteiger partial charge < -0.3 is 19.7 Å². The van der Waals surface area contributed by atoms with Gasteiger partial charge in [0.05, 0.1) is 14.2 Å². The molecule has 2 aromatic carbocycles. The van der Waals surface area contributed by atoms with E-state index < -0.39 is 0 Å². The van der Waals surface area contributed by atoms with Gasteiger partial charge in [-0.2, -0.15) is 0 Å². The SMILES string of the molecule is COc1ccc(N2CCN(CC(=O)Nc3ccc(C)cc3)C2=O)cc1OC. The predicted molar refractivity (Wildman–Crippen MR) is 104 cm³/mol. The standard InChI is InChI=1S/C20H23N3O4/c1-14-4-6-15(7-5-14)21-19(24)13-22-10-11-23(20(22)25)16-8-9-17(26-2)18(12-16)27-3/h4-9,12H,10-11,13H2,1-3H3,(H,21,24). The summed E-state index contributed by atoms with van der Waals surface area (Å²) in [5, 5.41) is 2.82. The Morgan fingerprint density at radius 3 is 2.41 bits per heavy atom. The van der Waals surface area contributed by atoms with Crippen molar-refractivity contribution in [3.05, 3.63) is 48.0 Å². The van der Waals surface area contributed by atoms with Crippen LogP contribution in [0.3, 0.4) is 0 Å². The first kappa shape index (κ1) is 18.6. The van der Waals surface area contributed by atoms with Crippen LogP contribution in [0.1, 0.15) is 5.56 Å². The highest BCUT2D eigenvalue weighted by molar-refractivity contribution is 5.99. The number of carbonyl (C=O) groups is 2. The molecular weight excluding hydrogens is 346 g/mol. The molecule has 0 saturated carbocycles. The van der Waals surface area contributed by atoms with Crippen LogP contribution in [0.4, 0.5) is 16.2 Å². The molecule has 1 aliphatic heterocycles. The molecule has 1 aliphatic rings. The minimum atomic E-state index is -0.221. The van der Waals surface area contributed by atoms with E-state index in [1.807, 2.05) is 31.2 Å². The number of ether oxygens (including phenoxy) is 2. The number of hydrogen-bond donors (Lipinski definition) is 1. The zero-order chi connectivity index (χ0) is 19.4. The number of nitrogens with zero attached hydrogens (tertiary/aromatic N) is 2. The molecule has 1 fully saturated rings. The predicted octanol–water partition coefficient (Wildman–Crippen LogP) is 2.89. The van der Waals surface area contributed by atoms with Gasteiger partial charge in [-0.05, 0) is 31.2 Å². The van der Waals surface area contributed by atoms with Crippen molar-refractivity contribution in [1.82, 2.24) is 4.90 Å². The Morgan fingerprint density at radius 2 is 1.74 bits per heavy atom. The van der Waals surface area contributed by atoms with Crippen molar-refractivity contribution in [1.29, 1.82) is 0 Å². The third-order valence-corrected chi connectivity index (χ3v) is 4.44. The average Bonchev–Trinajstić information content (AvgIpc) is 3.03. The molecule has 1 saturated heterocycles. The van der Waals surface area contributed by atoms with Crippen LogP contribution in [-0.4, -0.2) is 50.7 Å². The Kier molecular flexibility index (Phi) is 5.49. The second kappa shape index (κ2) is 7.99. The summed E-state index contributed by atoms with van der Waals surface area (Å²) in [7, 11) is 3.11. The molecule has 2 aromatic rings. The van der Waals surface area contributed by atoms with Crippen molar-refractivity contribution in [2.75, 3.05) is 44.1 Å². The molecule has 0 bridgehead atoms. The maximum absolute atomic E-state index is 12.7. The van der Waals surface area contributed by atoms with E-state index in [2.05, 4.69) is 5.32 Å². The lowest BCUT2D eigenvalue weighted by Crippen LogP contribution is -2.37. The van der Waals surface area contributed by atoms with Gasteiger partial charge in [-0.15, -0.1) is 0 Å². The first-order valence-corrected chi connectivity index (χ1v) is 8.67. The lowest BCUT2D eigenvalue weighted by molar-refractivity contribution is -0.116. The van der Waals surface area contributed by atoms with Gasteiger partial charge in [0.1, 0.15) is 6.54 Å². The smallest absolute Gasteiger partial charge is 0.325 e. The van der Waals surface area contributed by atoms with Gasteiger partial charge in [0, 0.05) is 30.5 Å². The Morgan fingerprint density at radius 1 is 1.04 bits per heavy atom. The van der Waals surface area contributed by atoms with Gasteiger partial charge >= 0.3 is 6.03 Å². The normalized spacial score (nSPS) is 13.7. The fourth-order valence-electron chi connectivity index (χ4n) is 2.97. The third-order valence-electron chi connectivity index (χ3n) is 4.44.